The van der Waals surface area contributed by atoms with Gasteiger partial charge in [-0.25, -0.2) is 0 Å². The van der Waals surface area contributed by atoms with Crippen molar-refractivity contribution >= 4 is 0 Å². The van der Waals surface area contributed by atoms with E-state index < -0.39 is 43.4 Å². The monoisotopic (exact) mass is 449 g/mol. The number of likely N-dealkylation sites (tertiary alicyclic amines) is 1. The van der Waals surface area contributed by atoms with Crippen LogP contribution in [-0.4, -0.2) is 99.6 Å². The van der Waals surface area contributed by atoms with E-state index in [4.69, 9.17) is 14.2 Å². The molecule has 9 heteroatoms. The third-order valence-electron chi connectivity index (χ3n) is 8.70. The van der Waals surface area contributed by atoms with E-state index in [1.165, 1.54) is 5.56 Å². The molecular weight excluding hydrogens is 418 g/mol. The van der Waals surface area contributed by atoms with Crippen molar-refractivity contribution in [1.29, 1.82) is 0 Å². The van der Waals surface area contributed by atoms with Crippen LogP contribution in [0.25, 0.3) is 0 Å². The second kappa shape index (κ2) is 7.27. The first-order valence-electron chi connectivity index (χ1n) is 11.5. The van der Waals surface area contributed by atoms with Gasteiger partial charge in [0.2, 0.25) is 0 Å². The molecule has 1 aromatic carbocycles. The molecule has 1 aromatic rings. The van der Waals surface area contributed by atoms with Crippen molar-refractivity contribution in [1.82, 2.24) is 4.90 Å². The van der Waals surface area contributed by atoms with Gasteiger partial charge < -0.3 is 44.6 Å². The molecule has 0 aromatic heterocycles. The SMILES string of the molecule is CN1CCC23c4c5ccc(O)c4O[C@H]2[C@H](OC2O[C@H](CO)[C@@H](O)[C@H](O)[C@H]2O)CCC3C1C5. The smallest absolute Gasteiger partial charge is 0.187 e. The van der Waals surface area contributed by atoms with Crippen molar-refractivity contribution in [3.8, 4) is 11.5 Å². The summed E-state index contributed by atoms with van der Waals surface area (Å²) in [6.07, 6.45) is -3.97. The lowest BCUT2D eigenvalue weighted by molar-refractivity contribution is -0.321. The standard InChI is InChI=1S/C23H31NO8/c1-24-7-6-23-11-3-5-14(30-22-19(29)18(28)17(27)15(9-25)31-22)21(23)32-20-13(26)4-2-10(16(20)23)8-12(11)24/h2,4,11-12,14-15,17-19,21-22,25-29H,3,5-9H2,1H3/t11?,12?,14-,15-,17-,18+,19-,21+,22?,23?/m1/s1. The lowest BCUT2D eigenvalue weighted by atomic mass is 9.51. The molecule has 0 amide bonds. The Morgan fingerprint density at radius 2 is 1.97 bits per heavy atom. The van der Waals surface area contributed by atoms with Gasteiger partial charge in [0.25, 0.3) is 0 Å². The predicted molar refractivity (Wildman–Crippen MR) is 110 cm³/mol. The third kappa shape index (κ3) is 2.64. The molecule has 2 saturated heterocycles. The number of benzene rings is 1. The molecule has 2 bridgehead atoms. The topological polar surface area (TPSA) is 132 Å². The fourth-order valence-electron chi connectivity index (χ4n) is 7.18. The molecule has 6 rings (SSSR count). The number of phenols is 1. The molecule has 3 fully saturated rings. The molecule has 5 aliphatic rings. The first-order chi connectivity index (χ1) is 15.4. The maximum absolute atomic E-state index is 10.6. The summed E-state index contributed by atoms with van der Waals surface area (Å²) in [5.74, 6) is 1.05. The number of likely N-dealkylation sites (N-methyl/N-ethyl adjacent to an activating group) is 1. The van der Waals surface area contributed by atoms with Crippen LogP contribution in [0.2, 0.25) is 0 Å². The van der Waals surface area contributed by atoms with E-state index in [1.54, 1.807) is 6.07 Å². The Bertz CT molecular complexity index is 910. The van der Waals surface area contributed by atoms with Crippen LogP contribution < -0.4 is 4.74 Å². The maximum Gasteiger partial charge on any atom is 0.187 e. The van der Waals surface area contributed by atoms with Crippen LogP contribution in [0.5, 0.6) is 11.5 Å². The molecule has 176 valence electrons. The van der Waals surface area contributed by atoms with Gasteiger partial charge in [0.1, 0.15) is 30.5 Å². The third-order valence-corrected chi connectivity index (χ3v) is 8.70. The fraction of sp³-hybridized carbons (Fsp3) is 0.739. The van der Waals surface area contributed by atoms with Gasteiger partial charge in [-0.1, -0.05) is 6.07 Å². The number of phenolic OH excluding ortho intramolecular Hbond substituents is 1. The molecule has 1 saturated carbocycles. The van der Waals surface area contributed by atoms with Crippen molar-refractivity contribution in [2.24, 2.45) is 5.92 Å². The highest BCUT2D eigenvalue weighted by Gasteiger charge is 2.66. The van der Waals surface area contributed by atoms with Crippen LogP contribution in [0.1, 0.15) is 30.4 Å². The number of aliphatic hydroxyl groups is 4. The van der Waals surface area contributed by atoms with Crippen LogP contribution in [0.15, 0.2) is 12.1 Å². The molecule has 10 atom stereocenters. The summed E-state index contributed by atoms with van der Waals surface area (Å²) >= 11 is 0. The van der Waals surface area contributed by atoms with Crippen LogP contribution in [0, 0.1) is 5.92 Å². The molecule has 2 aliphatic carbocycles. The van der Waals surface area contributed by atoms with Crippen LogP contribution in [-0.2, 0) is 21.3 Å². The highest BCUT2D eigenvalue weighted by molar-refractivity contribution is 5.60. The summed E-state index contributed by atoms with van der Waals surface area (Å²) < 4.78 is 18.3. The summed E-state index contributed by atoms with van der Waals surface area (Å²) in [5, 5.41) is 50.9. The Balaban J connectivity index is 1.36. The molecule has 9 nitrogen and oxygen atoms in total. The van der Waals surface area contributed by atoms with Gasteiger partial charge in [-0.05, 0) is 56.8 Å². The average molecular weight is 450 g/mol. The van der Waals surface area contributed by atoms with Crippen molar-refractivity contribution in [3.05, 3.63) is 23.3 Å². The molecule has 32 heavy (non-hydrogen) atoms. The van der Waals surface area contributed by atoms with E-state index in [-0.39, 0.29) is 17.3 Å². The number of rotatable bonds is 3. The zero-order chi connectivity index (χ0) is 22.4. The molecule has 3 aliphatic heterocycles. The largest absolute Gasteiger partial charge is 0.504 e. The van der Waals surface area contributed by atoms with E-state index in [0.717, 1.165) is 31.4 Å². The average Bonchev–Trinajstić information content (AvgIpc) is 3.14. The van der Waals surface area contributed by atoms with Crippen molar-refractivity contribution in [3.63, 3.8) is 0 Å². The quantitative estimate of drug-likeness (QED) is 0.404. The maximum atomic E-state index is 10.6. The van der Waals surface area contributed by atoms with Gasteiger partial charge >= 0.3 is 0 Å². The fourth-order valence-corrected chi connectivity index (χ4v) is 7.18. The Kier molecular flexibility index (Phi) is 4.79. The minimum absolute atomic E-state index is 0.134. The van der Waals surface area contributed by atoms with Gasteiger partial charge in [0.15, 0.2) is 17.8 Å². The van der Waals surface area contributed by atoms with E-state index in [1.807, 2.05) is 6.07 Å². The zero-order valence-corrected chi connectivity index (χ0v) is 18.0. The summed E-state index contributed by atoms with van der Waals surface area (Å²) in [7, 11) is 2.17. The summed E-state index contributed by atoms with van der Waals surface area (Å²) in [6.45, 7) is 0.417. The number of aliphatic hydroxyl groups excluding tert-OH is 4. The number of aromatic hydroxyl groups is 1. The molecule has 4 unspecified atom stereocenters. The Hall–Kier alpha value is -1.46. The van der Waals surface area contributed by atoms with Gasteiger partial charge in [0.05, 0.1) is 12.7 Å². The summed E-state index contributed by atoms with van der Waals surface area (Å²) in [5.41, 5.74) is 2.04. The van der Waals surface area contributed by atoms with E-state index in [9.17, 15) is 25.5 Å². The zero-order valence-electron chi connectivity index (χ0n) is 18.0. The first-order valence-corrected chi connectivity index (χ1v) is 11.5. The predicted octanol–water partition coefficient (Wildman–Crippen LogP) is -0.754. The lowest BCUT2D eigenvalue weighted by Crippen LogP contribution is -2.67. The normalized spacial score (nSPS) is 47.1. The summed E-state index contributed by atoms with van der Waals surface area (Å²) in [4.78, 5) is 2.43. The van der Waals surface area contributed by atoms with Crippen LogP contribution in [0.4, 0.5) is 0 Å². The van der Waals surface area contributed by atoms with Gasteiger partial charge in [0, 0.05) is 17.0 Å². The van der Waals surface area contributed by atoms with Crippen LogP contribution >= 0.6 is 0 Å². The Morgan fingerprint density at radius 3 is 2.75 bits per heavy atom. The summed E-state index contributed by atoms with van der Waals surface area (Å²) in [6, 6.07) is 4.10. The minimum Gasteiger partial charge on any atom is -0.504 e. The number of hydrogen-bond acceptors (Lipinski definition) is 9. The van der Waals surface area contributed by atoms with Crippen LogP contribution in [0.3, 0.4) is 0 Å². The molecular formula is C23H31NO8. The highest BCUT2D eigenvalue weighted by Crippen LogP contribution is 2.64. The number of piperidine rings is 1. The van der Waals surface area contributed by atoms with Gasteiger partial charge in [-0.2, -0.15) is 0 Å². The highest BCUT2D eigenvalue weighted by atomic mass is 16.7. The van der Waals surface area contributed by atoms with Crippen molar-refractivity contribution in [2.45, 2.75) is 80.1 Å². The molecule has 0 radical (unpaired) electrons. The number of nitrogens with zero attached hydrogens (tertiary/aromatic N) is 1. The Morgan fingerprint density at radius 1 is 1.16 bits per heavy atom. The van der Waals surface area contributed by atoms with Crippen molar-refractivity contribution < 1.29 is 39.7 Å². The van der Waals surface area contributed by atoms with Gasteiger partial charge in [-0.15, -0.1) is 0 Å². The molecule has 3 heterocycles. The number of ether oxygens (including phenoxy) is 3. The second-order valence-electron chi connectivity index (χ2n) is 10.1. The molecule has 1 spiro atoms. The van der Waals surface area contributed by atoms with Gasteiger partial charge in [-0.3, -0.25) is 0 Å². The first kappa shape index (κ1) is 21.1. The lowest BCUT2D eigenvalue weighted by Gasteiger charge is -2.59. The van der Waals surface area contributed by atoms with E-state index >= 15 is 0 Å². The molecule has 5 N–H and O–H groups in total. The minimum atomic E-state index is -1.49. The van der Waals surface area contributed by atoms with E-state index in [0.29, 0.717) is 24.1 Å². The Labute approximate surface area is 186 Å². The van der Waals surface area contributed by atoms with Crippen molar-refractivity contribution in [2.75, 3.05) is 20.2 Å². The van der Waals surface area contributed by atoms with E-state index in [2.05, 4.69) is 11.9 Å². The second-order valence-corrected chi connectivity index (χ2v) is 10.1. The number of hydrogen-bond donors (Lipinski definition) is 5.